The third-order valence-corrected chi connectivity index (χ3v) is 7.95. The molecule has 1 aromatic heterocycles. The molecule has 0 unspecified atom stereocenters. The monoisotopic (exact) mass is 691 g/mol. The summed E-state index contributed by atoms with van der Waals surface area (Å²) in [5.41, 5.74) is 7.39. The number of hydrogen-bond acceptors (Lipinski definition) is 2. The van der Waals surface area contributed by atoms with Crippen molar-refractivity contribution in [2.24, 2.45) is 0 Å². The van der Waals surface area contributed by atoms with Crippen LogP contribution in [-0.2, 0) is 10.8 Å². The lowest BCUT2D eigenvalue weighted by Gasteiger charge is -2.19. The summed E-state index contributed by atoms with van der Waals surface area (Å²) in [5.74, 6) is 0.810. The largest absolute Gasteiger partial charge is 0.338 e. The molecule has 0 saturated heterocycles. The van der Waals surface area contributed by atoms with Gasteiger partial charge in [0.1, 0.15) is 11.3 Å². The molecule has 6 heteroatoms. The van der Waals surface area contributed by atoms with E-state index in [9.17, 15) is 4.79 Å². The van der Waals surface area contributed by atoms with Crippen molar-refractivity contribution < 1.29 is 4.79 Å². The summed E-state index contributed by atoms with van der Waals surface area (Å²) in [5, 5.41) is 2.90. The van der Waals surface area contributed by atoms with E-state index in [-0.39, 0.29) is 31.6 Å². The molecule has 5 rings (SSSR count). The fourth-order valence-corrected chi connectivity index (χ4v) is 4.98. The molecule has 0 atom stereocenters. The van der Waals surface area contributed by atoms with E-state index in [1.807, 2.05) is 66.7 Å². The van der Waals surface area contributed by atoms with E-state index >= 15 is 0 Å². The molecule has 5 aromatic rings. The van der Waals surface area contributed by atoms with Gasteiger partial charge in [-0.2, -0.15) is 0 Å². The molecule has 0 aliphatic heterocycles. The number of carbonyl (C=O) groups excluding carboxylic acids is 1. The standard InChI is InChI=1S/C17H17BrN2.C17H18BrNO.2CH4/c1-17(2,3)12-9-7-11(8-10-12)16-19-14-6-4-5-13(18)15(14)20-16;1-17(2,3)13-10-8-12(9-11-13)16(20)19-15-7-5-4-6-14(15)18;;/h4-10H,1-3H3,(H,19,20);4-11H,1-3H3,(H,19,20);2*1H4. The van der Waals surface area contributed by atoms with E-state index in [4.69, 9.17) is 0 Å². The third-order valence-electron chi connectivity index (χ3n) is 6.62. The van der Waals surface area contributed by atoms with Gasteiger partial charge in [0.15, 0.2) is 0 Å². The van der Waals surface area contributed by atoms with Crippen molar-refractivity contribution in [1.82, 2.24) is 9.97 Å². The number of rotatable bonds is 3. The van der Waals surface area contributed by atoms with Crippen LogP contribution in [0, 0.1) is 0 Å². The molecule has 4 nitrogen and oxygen atoms in total. The lowest BCUT2D eigenvalue weighted by atomic mass is 9.86. The number of halogens is 2. The average Bonchev–Trinajstić information content (AvgIpc) is 3.35. The van der Waals surface area contributed by atoms with Gasteiger partial charge in [-0.05, 0) is 90.2 Å². The highest BCUT2D eigenvalue weighted by Gasteiger charge is 2.15. The van der Waals surface area contributed by atoms with Crippen LogP contribution in [-0.4, -0.2) is 15.9 Å². The first-order valence-electron chi connectivity index (χ1n) is 13.2. The summed E-state index contributed by atoms with van der Waals surface area (Å²) in [6, 6.07) is 30.0. The van der Waals surface area contributed by atoms with E-state index in [2.05, 4.69) is 113 Å². The van der Waals surface area contributed by atoms with Gasteiger partial charge in [-0.3, -0.25) is 4.79 Å². The van der Waals surface area contributed by atoms with E-state index < -0.39 is 0 Å². The number of para-hydroxylation sites is 2. The number of anilines is 1. The molecular weight excluding hydrogens is 650 g/mol. The van der Waals surface area contributed by atoms with Crippen LogP contribution in [0.4, 0.5) is 5.69 Å². The van der Waals surface area contributed by atoms with Crippen LogP contribution in [0.3, 0.4) is 0 Å². The first-order valence-corrected chi connectivity index (χ1v) is 14.8. The van der Waals surface area contributed by atoms with Crippen LogP contribution in [0.5, 0.6) is 0 Å². The number of hydrogen-bond donors (Lipinski definition) is 2. The minimum Gasteiger partial charge on any atom is -0.338 e. The zero-order valence-electron chi connectivity index (χ0n) is 23.8. The quantitative estimate of drug-likeness (QED) is 0.198. The maximum Gasteiger partial charge on any atom is 0.255 e. The van der Waals surface area contributed by atoms with Crippen molar-refractivity contribution in [1.29, 1.82) is 0 Å². The number of aromatic nitrogens is 2. The zero-order valence-corrected chi connectivity index (χ0v) is 26.9. The Morgan fingerprint density at radius 3 is 1.74 bits per heavy atom. The molecule has 0 spiro atoms. The molecule has 0 bridgehead atoms. The van der Waals surface area contributed by atoms with E-state index in [1.54, 1.807) is 0 Å². The number of H-pyrrole nitrogens is 1. The van der Waals surface area contributed by atoms with Gasteiger partial charge < -0.3 is 10.3 Å². The van der Waals surface area contributed by atoms with Crippen molar-refractivity contribution in [3.63, 3.8) is 0 Å². The number of fused-ring (bicyclic) bond motifs is 1. The van der Waals surface area contributed by atoms with Crippen molar-refractivity contribution in [3.8, 4) is 11.4 Å². The summed E-state index contributed by atoms with van der Waals surface area (Å²) in [6.45, 7) is 13.1. The van der Waals surface area contributed by atoms with Gasteiger partial charge in [0.25, 0.3) is 5.91 Å². The molecule has 0 saturated carbocycles. The molecule has 2 N–H and O–H groups in total. The molecule has 1 amide bonds. The molecule has 0 aliphatic rings. The normalized spacial score (nSPS) is 11.0. The molecular formula is C36H43Br2N3O. The number of aromatic amines is 1. The molecule has 0 fully saturated rings. The Morgan fingerprint density at radius 2 is 1.21 bits per heavy atom. The predicted molar refractivity (Wildman–Crippen MR) is 189 cm³/mol. The van der Waals surface area contributed by atoms with E-state index in [0.29, 0.717) is 5.56 Å². The van der Waals surface area contributed by atoms with Gasteiger partial charge in [-0.25, -0.2) is 4.98 Å². The summed E-state index contributed by atoms with van der Waals surface area (Å²) >= 11 is 6.96. The molecule has 4 aromatic carbocycles. The topological polar surface area (TPSA) is 57.8 Å². The van der Waals surface area contributed by atoms with Crippen molar-refractivity contribution in [2.75, 3.05) is 5.32 Å². The smallest absolute Gasteiger partial charge is 0.255 e. The number of carbonyl (C=O) groups is 1. The number of nitrogens with one attached hydrogen (secondary N) is 2. The summed E-state index contributed by atoms with van der Waals surface area (Å²) in [4.78, 5) is 20.2. The first kappa shape index (κ1) is 35.0. The average molecular weight is 694 g/mol. The third kappa shape index (κ3) is 8.65. The van der Waals surface area contributed by atoms with Crippen LogP contribution < -0.4 is 5.32 Å². The minimum absolute atomic E-state index is 0. The van der Waals surface area contributed by atoms with E-state index in [0.717, 1.165) is 37.1 Å². The van der Waals surface area contributed by atoms with Crippen LogP contribution in [0.15, 0.2) is 99.9 Å². The number of nitrogens with zero attached hydrogens (tertiary/aromatic N) is 1. The Bertz CT molecular complexity index is 1610. The molecule has 1 heterocycles. The molecule has 0 radical (unpaired) electrons. The van der Waals surface area contributed by atoms with Gasteiger partial charge in [0.2, 0.25) is 0 Å². The van der Waals surface area contributed by atoms with Crippen molar-refractivity contribution in [3.05, 3.63) is 117 Å². The van der Waals surface area contributed by atoms with Gasteiger partial charge in [-0.1, -0.05) is 111 Å². The van der Waals surface area contributed by atoms with Crippen LogP contribution in [0.2, 0.25) is 0 Å². The maximum absolute atomic E-state index is 12.2. The highest BCUT2D eigenvalue weighted by molar-refractivity contribution is 9.11. The summed E-state index contributed by atoms with van der Waals surface area (Å²) in [6.07, 6.45) is 0. The Labute approximate surface area is 268 Å². The van der Waals surface area contributed by atoms with Gasteiger partial charge in [0, 0.05) is 20.1 Å². The second kappa shape index (κ2) is 14.3. The molecule has 42 heavy (non-hydrogen) atoms. The lowest BCUT2D eigenvalue weighted by molar-refractivity contribution is 0.102. The second-order valence-corrected chi connectivity index (χ2v) is 13.5. The number of benzene rings is 4. The molecule has 0 aliphatic carbocycles. The highest BCUT2D eigenvalue weighted by atomic mass is 79.9. The van der Waals surface area contributed by atoms with Gasteiger partial charge in [-0.15, -0.1) is 0 Å². The van der Waals surface area contributed by atoms with E-state index in [1.165, 1.54) is 11.1 Å². The Hall–Kier alpha value is -3.22. The second-order valence-electron chi connectivity index (χ2n) is 11.8. The van der Waals surface area contributed by atoms with Crippen LogP contribution in [0.25, 0.3) is 22.4 Å². The summed E-state index contributed by atoms with van der Waals surface area (Å²) in [7, 11) is 0. The zero-order chi connectivity index (χ0) is 29.1. The van der Waals surface area contributed by atoms with Gasteiger partial charge >= 0.3 is 0 Å². The van der Waals surface area contributed by atoms with Crippen LogP contribution in [0.1, 0.15) is 77.9 Å². The highest BCUT2D eigenvalue weighted by Crippen LogP contribution is 2.28. The number of amides is 1. The predicted octanol–water partition coefficient (Wildman–Crippen LogP) is 11.6. The van der Waals surface area contributed by atoms with Crippen molar-refractivity contribution in [2.45, 2.75) is 67.2 Å². The summed E-state index contributed by atoms with van der Waals surface area (Å²) < 4.78 is 1.89. The Kier molecular flexibility index (Phi) is 11.9. The Balaban J connectivity index is 0.000000280. The Morgan fingerprint density at radius 1 is 0.690 bits per heavy atom. The maximum atomic E-state index is 12.2. The van der Waals surface area contributed by atoms with Crippen LogP contribution >= 0.6 is 31.9 Å². The fraction of sp³-hybridized carbons (Fsp3) is 0.278. The lowest BCUT2D eigenvalue weighted by Crippen LogP contribution is -2.14. The van der Waals surface area contributed by atoms with Gasteiger partial charge in [0.05, 0.1) is 11.2 Å². The molecule has 222 valence electrons. The SMILES string of the molecule is C.C.CC(C)(C)c1ccc(-c2nc3c(Br)cccc3[nH]2)cc1.CC(C)(C)c1ccc(C(=O)Nc2ccccc2Br)cc1. The number of imidazole rings is 1. The minimum atomic E-state index is -0.0997. The fourth-order valence-electron chi connectivity index (χ4n) is 4.14. The van der Waals surface area contributed by atoms with Crippen molar-refractivity contribution >= 4 is 54.5 Å². The first-order chi connectivity index (χ1) is 18.8.